The van der Waals surface area contributed by atoms with Crippen LogP contribution in [-0.2, 0) is 30.0 Å². The second-order valence-electron chi connectivity index (χ2n) is 16.5. The maximum atomic E-state index is 14.1. The average Bonchev–Trinajstić information content (AvgIpc) is 3.63. The average molecular weight is 714 g/mol. The Kier molecular flexibility index (Phi) is 13.4. The van der Waals surface area contributed by atoms with Crippen LogP contribution in [0.1, 0.15) is 84.1 Å². The first kappa shape index (κ1) is 40.3. The van der Waals surface area contributed by atoms with Gasteiger partial charge in [0.15, 0.2) is 14.0 Å². The van der Waals surface area contributed by atoms with Gasteiger partial charge in [0.2, 0.25) is 11.8 Å². The van der Waals surface area contributed by atoms with Crippen LogP contribution in [0.15, 0.2) is 40.4 Å². The predicted octanol–water partition coefficient (Wildman–Crippen LogP) is 6.11. The van der Waals surface area contributed by atoms with Crippen molar-refractivity contribution in [1.82, 2.24) is 15.2 Å². The number of rotatable bonds is 4. The number of Topliss-reactive ketones (excluding diaryl/α,β-unsaturated/α-hetero) is 1. The normalized spacial score (nSPS) is 25.2. The predicted molar refractivity (Wildman–Crippen MR) is 198 cm³/mol. The lowest BCUT2D eigenvalue weighted by atomic mass is 9.94. The summed E-state index contributed by atoms with van der Waals surface area (Å²) in [6.07, 6.45) is 9.14. The van der Waals surface area contributed by atoms with E-state index in [-0.39, 0.29) is 58.9 Å². The van der Waals surface area contributed by atoms with Gasteiger partial charge >= 0.3 is 5.97 Å². The fraction of sp³-hybridized carbons (Fsp3) is 0.649. The summed E-state index contributed by atoms with van der Waals surface area (Å²) in [6.45, 7) is 25.5. The van der Waals surface area contributed by atoms with E-state index >= 15 is 0 Å². The van der Waals surface area contributed by atoms with Crippen molar-refractivity contribution in [3.8, 4) is 0 Å². The van der Waals surface area contributed by atoms with E-state index in [4.69, 9.17) is 13.6 Å². The third-order valence-electron chi connectivity index (χ3n) is 9.57. The second kappa shape index (κ2) is 16.3. The van der Waals surface area contributed by atoms with Crippen molar-refractivity contribution < 1.29 is 32.8 Å². The van der Waals surface area contributed by atoms with Crippen molar-refractivity contribution >= 4 is 45.3 Å². The maximum absolute atomic E-state index is 14.1. The number of ketones is 1. The Balaban J connectivity index is 2.06. The van der Waals surface area contributed by atoms with Gasteiger partial charge in [0.05, 0.1) is 12.5 Å². The highest BCUT2D eigenvalue weighted by molar-refractivity contribution is 6.88. The Morgan fingerprint density at radius 1 is 1.06 bits per heavy atom. The summed E-state index contributed by atoms with van der Waals surface area (Å²) in [7, 11) is -4.49. The molecule has 2 amide bonds. The Morgan fingerprint density at radius 3 is 2.35 bits per heavy atom. The van der Waals surface area contributed by atoms with Gasteiger partial charge in [0, 0.05) is 25.4 Å². The lowest BCUT2D eigenvalue weighted by Gasteiger charge is -2.38. The third kappa shape index (κ3) is 10.9. The van der Waals surface area contributed by atoms with Crippen LogP contribution in [0.4, 0.5) is 0 Å². The van der Waals surface area contributed by atoms with Crippen molar-refractivity contribution in [2.45, 2.75) is 130 Å². The first-order chi connectivity index (χ1) is 22.6. The summed E-state index contributed by atoms with van der Waals surface area (Å²) >= 11 is 0. The third-order valence-corrected chi connectivity index (χ3v) is 15.8. The van der Waals surface area contributed by atoms with E-state index in [9.17, 15) is 19.2 Å². The molecule has 2 aliphatic heterocycles. The fourth-order valence-corrected chi connectivity index (χ4v) is 8.42. The number of ether oxygens (including phenoxy) is 1. The molecule has 0 saturated carbocycles. The Labute approximate surface area is 295 Å². The lowest BCUT2D eigenvalue weighted by molar-refractivity contribution is -0.158. The van der Waals surface area contributed by atoms with Gasteiger partial charge in [-0.15, -0.1) is 0 Å². The monoisotopic (exact) mass is 713 g/mol. The standard InChI is InChI=1S/C37H59N3O7Si2/c1-24(2)33-26(4)17-18-30(42)38-19-13-15-25(3)21-28(47-49(11,12)37(5,6)7)22-27(41)23-31-39-32(36(45-31)48(8,9)10)34(43)40-20-14-16-29(40)35(44)46-33/h13,15,17-18,21,24,26,28-29,33H,14,16,19-20,22-23H2,1-12H3,(H,38,42)/b15-13?,18-17+,25-21?/t26-,28?,29-,33-/m1/s1. The molecule has 1 aromatic rings. The number of nitrogens with one attached hydrogen (secondary N) is 1. The van der Waals surface area contributed by atoms with Crippen LogP contribution in [0.2, 0.25) is 37.8 Å². The van der Waals surface area contributed by atoms with Crippen LogP contribution in [0.3, 0.4) is 0 Å². The van der Waals surface area contributed by atoms with Crippen molar-refractivity contribution in [3.05, 3.63) is 47.5 Å². The zero-order valence-corrected chi connectivity index (χ0v) is 33.8. The molecule has 272 valence electrons. The molecule has 0 aliphatic carbocycles. The molecule has 4 atom stereocenters. The highest BCUT2D eigenvalue weighted by Crippen LogP contribution is 2.38. The van der Waals surface area contributed by atoms with Crippen LogP contribution in [-0.4, -0.2) is 81.2 Å². The van der Waals surface area contributed by atoms with E-state index in [2.05, 4.69) is 63.8 Å². The number of allylic oxidation sites excluding steroid dienone is 2. The first-order valence-electron chi connectivity index (χ1n) is 17.6. The lowest BCUT2D eigenvalue weighted by Crippen LogP contribution is -2.47. The zero-order chi connectivity index (χ0) is 36.9. The molecule has 1 aromatic heterocycles. The minimum absolute atomic E-state index is 0.0250. The molecular formula is C37H59N3O7Si2. The number of aromatic nitrogens is 1. The SMILES string of the molecule is CC1=CC(O[Si](C)(C)C(C)(C)C)CC(=O)Cc2nc(c([Si](C)(C)C)o2)C(=O)N2CCC[C@@H]2C(=O)O[C@H](C(C)C)[C@H](C)/C=C/C(=O)NCC=C1. The number of amides is 2. The topological polar surface area (TPSA) is 128 Å². The summed E-state index contributed by atoms with van der Waals surface area (Å²) in [5, 5.41) is 3.31. The fourth-order valence-electron chi connectivity index (χ4n) is 5.86. The van der Waals surface area contributed by atoms with Crippen molar-refractivity contribution in [1.29, 1.82) is 0 Å². The van der Waals surface area contributed by atoms with Gasteiger partial charge in [-0.05, 0) is 49.9 Å². The largest absolute Gasteiger partial charge is 0.460 e. The number of carbonyl (C=O) groups is 4. The number of oxazole rings is 1. The molecule has 49 heavy (non-hydrogen) atoms. The van der Waals surface area contributed by atoms with E-state index < -0.39 is 40.6 Å². The van der Waals surface area contributed by atoms with E-state index in [0.29, 0.717) is 31.3 Å². The molecular weight excluding hydrogens is 655 g/mol. The van der Waals surface area contributed by atoms with Gasteiger partial charge in [-0.1, -0.05) is 91.1 Å². The molecule has 0 radical (unpaired) electrons. The molecule has 2 bridgehead atoms. The molecule has 10 nitrogen and oxygen atoms in total. The summed E-state index contributed by atoms with van der Waals surface area (Å²) in [4.78, 5) is 60.2. The number of cyclic esters (lactones) is 1. The molecule has 1 N–H and O–H groups in total. The minimum Gasteiger partial charge on any atom is -0.460 e. The number of esters is 1. The Bertz CT molecular complexity index is 1460. The molecule has 1 fully saturated rings. The molecule has 1 saturated heterocycles. The van der Waals surface area contributed by atoms with Crippen LogP contribution in [0.5, 0.6) is 0 Å². The van der Waals surface area contributed by atoms with Crippen LogP contribution in [0, 0.1) is 11.8 Å². The number of carbonyl (C=O) groups excluding carboxylic acids is 4. The maximum Gasteiger partial charge on any atom is 0.329 e. The van der Waals surface area contributed by atoms with Crippen molar-refractivity contribution in [2.75, 3.05) is 13.1 Å². The molecule has 0 aromatic carbocycles. The molecule has 12 heteroatoms. The number of nitrogens with zero attached hydrogens (tertiary/aromatic N) is 2. The van der Waals surface area contributed by atoms with Crippen molar-refractivity contribution in [2.24, 2.45) is 11.8 Å². The van der Waals surface area contributed by atoms with Crippen LogP contribution < -0.4 is 10.7 Å². The van der Waals surface area contributed by atoms with Crippen LogP contribution in [0.25, 0.3) is 0 Å². The van der Waals surface area contributed by atoms with Gasteiger partial charge in [-0.25, -0.2) is 9.78 Å². The molecule has 1 unspecified atom stereocenters. The highest BCUT2D eigenvalue weighted by atomic mass is 28.4. The van der Waals surface area contributed by atoms with E-state index in [0.717, 1.165) is 5.57 Å². The summed E-state index contributed by atoms with van der Waals surface area (Å²) in [6, 6.07) is -0.763. The van der Waals surface area contributed by atoms with Crippen molar-refractivity contribution in [3.63, 3.8) is 0 Å². The van der Waals surface area contributed by atoms with E-state index in [1.54, 1.807) is 11.0 Å². The summed E-state index contributed by atoms with van der Waals surface area (Å²) in [5.41, 5.74) is 1.08. The Morgan fingerprint density at radius 2 is 1.73 bits per heavy atom. The molecule has 3 rings (SSSR count). The summed E-state index contributed by atoms with van der Waals surface area (Å²) in [5.74, 6) is -1.29. The van der Waals surface area contributed by atoms with Crippen LogP contribution >= 0.6 is 0 Å². The quantitative estimate of drug-likeness (QED) is 0.293. The Hall–Kier alpha value is -3.10. The number of hydrogen-bond acceptors (Lipinski definition) is 8. The van der Waals surface area contributed by atoms with E-state index in [1.807, 2.05) is 45.9 Å². The van der Waals surface area contributed by atoms with Gasteiger partial charge in [-0.2, -0.15) is 0 Å². The number of hydrogen-bond donors (Lipinski definition) is 1. The van der Waals surface area contributed by atoms with Gasteiger partial charge in [0.25, 0.3) is 5.91 Å². The highest BCUT2D eigenvalue weighted by Gasteiger charge is 2.42. The minimum atomic E-state index is -2.26. The summed E-state index contributed by atoms with van der Waals surface area (Å²) < 4.78 is 19.0. The zero-order valence-electron chi connectivity index (χ0n) is 31.8. The van der Waals surface area contributed by atoms with E-state index in [1.165, 1.54) is 6.08 Å². The molecule has 2 aliphatic rings. The second-order valence-corrected chi connectivity index (χ2v) is 26.2. The smallest absolute Gasteiger partial charge is 0.329 e. The van der Waals surface area contributed by atoms with Gasteiger partial charge in [0.1, 0.15) is 31.4 Å². The first-order valence-corrected chi connectivity index (χ1v) is 24.0. The molecule has 0 spiro atoms. The molecule has 3 heterocycles. The van der Waals surface area contributed by atoms with Gasteiger partial charge in [-0.3, -0.25) is 14.4 Å². The number of fused-ring (bicyclic) bond motifs is 3. The van der Waals surface area contributed by atoms with Gasteiger partial charge < -0.3 is 23.8 Å².